The standard InChI is InChI=1S/C18H14O2/c1-2-14-20-17-11-8-15(9-12-17)10-13-18(19)16-6-4-3-5-7-16/h1,3-13H,14H2. The second kappa shape index (κ2) is 6.96. The van der Waals surface area contributed by atoms with Crippen molar-refractivity contribution in [3.63, 3.8) is 0 Å². The molecule has 98 valence electrons. The van der Waals surface area contributed by atoms with Crippen molar-refractivity contribution in [3.05, 3.63) is 71.8 Å². The van der Waals surface area contributed by atoms with Crippen molar-refractivity contribution < 1.29 is 9.53 Å². The lowest BCUT2D eigenvalue weighted by atomic mass is 10.1. The lowest BCUT2D eigenvalue weighted by molar-refractivity contribution is 0.104. The molecule has 0 spiro atoms. The van der Waals surface area contributed by atoms with Gasteiger partial charge in [0.2, 0.25) is 0 Å². The third-order valence-electron chi connectivity index (χ3n) is 2.69. The lowest BCUT2D eigenvalue weighted by Crippen LogP contribution is -1.93. The number of hydrogen-bond donors (Lipinski definition) is 0. The van der Waals surface area contributed by atoms with Crippen LogP contribution in [-0.4, -0.2) is 12.4 Å². The maximum absolute atomic E-state index is 11.9. The second-order valence-corrected chi connectivity index (χ2v) is 4.13. The molecule has 0 saturated carbocycles. The zero-order valence-corrected chi connectivity index (χ0v) is 11.0. The Morgan fingerprint density at radius 1 is 1.10 bits per heavy atom. The van der Waals surface area contributed by atoms with Crippen LogP contribution in [0.4, 0.5) is 0 Å². The van der Waals surface area contributed by atoms with Gasteiger partial charge < -0.3 is 4.74 Å². The van der Waals surface area contributed by atoms with Crippen LogP contribution in [0.3, 0.4) is 0 Å². The van der Waals surface area contributed by atoms with Gasteiger partial charge in [0.15, 0.2) is 5.78 Å². The first kappa shape index (κ1) is 13.6. The van der Waals surface area contributed by atoms with Crippen LogP contribution in [0.2, 0.25) is 0 Å². The van der Waals surface area contributed by atoms with E-state index in [2.05, 4.69) is 5.92 Å². The Morgan fingerprint density at radius 2 is 1.80 bits per heavy atom. The van der Waals surface area contributed by atoms with E-state index in [1.54, 1.807) is 24.3 Å². The van der Waals surface area contributed by atoms with E-state index in [0.29, 0.717) is 5.56 Å². The molecule has 2 aromatic carbocycles. The molecule has 0 unspecified atom stereocenters. The van der Waals surface area contributed by atoms with Crippen molar-refractivity contribution in [2.24, 2.45) is 0 Å². The molecule has 0 aliphatic carbocycles. The molecule has 0 amide bonds. The van der Waals surface area contributed by atoms with E-state index in [-0.39, 0.29) is 12.4 Å². The first-order chi connectivity index (χ1) is 9.79. The predicted octanol–water partition coefficient (Wildman–Crippen LogP) is 3.59. The van der Waals surface area contributed by atoms with E-state index >= 15 is 0 Å². The van der Waals surface area contributed by atoms with Gasteiger partial charge in [-0.05, 0) is 23.8 Å². The van der Waals surface area contributed by atoms with Crippen LogP contribution >= 0.6 is 0 Å². The number of terminal acetylenes is 1. The van der Waals surface area contributed by atoms with Crippen LogP contribution in [0.25, 0.3) is 6.08 Å². The number of ketones is 1. The summed E-state index contributed by atoms with van der Waals surface area (Å²) in [7, 11) is 0. The summed E-state index contributed by atoms with van der Waals surface area (Å²) in [5.41, 5.74) is 1.61. The Morgan fingerprint density at radius 3 is 2.45 bits per heavy atom. The summed E-state index contributed by atoms with van der Waals surface area (Å²) in [4.78, 5) is 11.9. The molecule has 20 heavy (non-hydrogen) atoms. The zero-order chi connectivity index (χ0) is 14.2. The Labute approximate surface area is 118 Å². The van der Waals surface area contributed by atoms with Gasteiger partial charge in [0.1, 0.15) is 12.4 Å². The molecule has 2 heteroatoms. The summed E-state index contributed by atoms with van der Waals surface area (Å²) >= 11 is 0. The quantitative estimate of drug-likeness (QED) is 0.467. The molecule has 0 fully saturated rings. The molecule has 0 aromatic heterocycles. The summed E-state index contributed by atoms with van der Waals surface area (Å²) in [6.45, 7) is 0.252. The second-order valence-electron chi connectivity index (χ2n) is 4.13. The monoisotopic (exact) mass is 262 g/mol. The average molecular weight is 262 g/mol. The fourth-order valence-corrected chi connectivity index (χ4v) is 1.67. The maximum atomic E-state index is 11.9. The van der Waals surface area contributed by atoms with Crippen LogP contribution in [0.1, 0.15) is 15.9 Å². The van der Waals surface area contributed by atoms with Gasteiger partial charge in [-0.2, -0.15) is 0 Å². The van der Waals surface area contributed by atoms with Crippen molar-refractivity contribution in [1.82, 2.24) is 0 Å². The first-order valence-corrected chi connectivity index (χ1v) is 6.23. The molecule has 0 bridgehead atoms. The van der Waals surface area contributed by atoms with Crippen molar-refractivity contribution in [3.8, 4) is 18.1 Å². The highest BCUT2D eigenvalue weighted by molar-refractivity contribution is 6.06. The molecule has 0 saturated heterocycles. The van der Waals surface area contributed by atoms with Crippen LogP contribution in [0, 0.1) is 12.3 Å². The summed E-state index contributed by atoms with van der Waals surface area (Å²) in [5.74, 6) is 3.11. The van der Waals surface area contributed by atoms with E-state index in [4.69, 9.17) is 11.2 Å². The lowest BCUT2D eigenvalue weighted by Gasteiger charge is -2.01. The van der Waals surface area contributed by atoms with E-state index in [1.165, 1.54) is 0 Å². The van der Waals surface area contributed by atoms with Crippen LogP contribution in [0.15, 0.2) is 60.7 Å². The summed E-state index contributed by atoms with van der Waals surface area (Å²) in [6, 6.07) is 16.6. The van der Waals surface area contributed by atoms with Gasteiger partial charge in [0, 0.05) is 5.56 Å². The topological polar surface area (TPSA) is 26.3 Å². The van der Waals surface area contributed by atoms with Crippen LogP contribution < -0.4 is 4.74 Å². The zero-order valence-electron chi connectivity index (χ0n) is 11.0. The Kier molecular flexibility index (Phi) is 4.75. The highest BCUT2D eigenvalue weighted by atomic mass is 16.5. The number of benzene rings is 2. The van der Waals surface area contributed by atoms with Gasteiger partial charge in [-0.3, -0.25) is 4.79 Å². The smallest absolute Gasteiger partial charge is 0.185 e. The molecule has 2 nitrogen and oxygen atoms in total. The van der Waals surface area contributed by atoms with Gasteiger partial charge in [-0.15, -0.1) is 6.42 Å². The minimum Gasteiger partial charge on any atom is -0.481 e. The normalized spacial score (nSPS) is 10.2. The van der Waals surface area contributed by atoms with E-state index < -0.39 is 0 Å². The highest BCUT2D eigenvalue weighted by Crippen LogP contribution is 2.13. The molecule has 0 aliphatic rings. The number of carbonyl (C=O) groups is 1. The molecule has 0 heterocycles. The van der Waals surface area contributed by atoms with Gasteiger partial charge in [0.25, 0.3) is 0 Å². The number of hydrogen-bond acceptors (Lipinski definition) is 2. The summed E-state index contributed by atoms with van der Waals surface area (Å²) < 4.78 is 5.28. The minimum atomic E-state index is -0.0155. The molecular formula is C18H14O2. The molecular weight excluding hydrogens is 248 g/mol. The van der Waals surface area contributed by atoms with E-state index in [9.17, 15) is 4.79 Å². The molecule has 2 aromatic rings. The molecule has 0 aliphatic heterocycles. The third-order valence-corrected chi connectivity index (χ3v) is 2.69. The third kappa shape index (κ3) is 3.86. The van der Waals surface area contributed by atoms with E-state index in [1.807, 2.05) is 42.5 Å². The fraction of sp³-hybridized carbons (Fsp3) is 0.0556. The number of rotatable bonds is 5. The van der Waals surface area contributed by atoms with Crippen molar-refractivity contribution >= 4 is 11.9 Å². The minimum absolute atomic E-state index is 0.0155. The van der Waals surface area contributed by atoms with Crippen molar-refractivity contribution in [2.75, 3.05) is 6.61 Å². The average Bonchev–Trinajstić information content (AvgIpc) is 2.52. The Bertz CT molecular complexity index is 631. The number of ether oxygens (including phenoxy) is 1. The van der Waals surface area contributed by atoms with Gasteiger partial charge in [-0.25, -0.2) is 0 Å². The van der Waals surface area contributed by atoms with Crippen LogP contribution in [-0.2, 0) is 0 Å². The Hall–Kier alpha value is -2.79. The molecule has 0 atom stereocenters. The largest absolute Gasteiger partial charge is 0.481 e. The van der Waals surface area contributed by atoms with Gasteiger partial charge in [0.05, 0.1) is 0 Å². The fourth-order valence-electron chi connectivity index (χ4n) is 1.67. The number of carbonyl (C=O) groups excluding carboxylic acids is 1. The number of allylic oxidation sites excluding steroid dienone is 1. The van der Waals surface area contributed by atoms with Crippen molar-refractivity contribution in [2.45, 2.75) is 0 Å². The molecule has 2 rings (SSSR count). The molecule has 0 radical (unpaired) electrons. The maximum Gasteiger partial charge on any atom is 0.185 e. The van der Waals surface area contributed by atoms with Gasteiger partial charge >= 0.3 is 0 Å². The molecule has 0 N–H and O–H groups in total. The van der Waals surface area contributed by atoms with E-state index in [0.717, 1.165) is 11.3 Å². The summed E-state index contributed by atoms with van der Waals surface area (Å²) in [6.07, 6.45) is 8.46. The predicted molar refractivity (Wildman–Crippen MR) is 80.6 cm³/mol. The van der Waals surface area contributed by atoms with Crippen LogP contribution in [0.5, 0.6) is 5.75 Å². The highest BCUT2D eigenvalue weighted by Gasteiger charge is 1.99. The Balaban J connectivity index is 2.01. The van der Waals surface area contributed by atoms with Gasteiger partial charge in [-0.1, -0.05) is 54.5 Å². The summed E-state index contributed by atoms with van der Waals surface area (Å²) in [5, 5.41) is 0. The van der Waals surface area contributed by atoms with Crippen molar-refractivity contribution in [1.29, 1.82) is 0 Å². The SMILES string of the molecule is C#CCOc1ccc(C=CC(=O)c2ccccc2)cc1. The first-order valence-electron chi connectivity index (χ1n) is 6.23.